The van der Waals surface area contributed by atoms with Crippen LogP contribution in [0.5, 0.6) is 5.75 Å². The lowest BCUT2D eigenvalue weighted by Crippen LogP contribution is -2.09. The lowest BCUT2D eigenvalue weighted by atomic mass is 9.97. The maximum atomic E-state index is 12.8. The number of ketones is 1. The van der Waals surface area contributed by atoms with E-state index >= 15 is 0 Å². The van der Waals surface area contributed by atoms with E-state index in [4.69, 9.17) is 4.74 Å². The van der Waals surface area contributed by atoms with E-state index in [0.29, 0.717) is 34.6 Å². The summed E-state index contributed by atoms with van der Waals surface area (Å²) in [6, 6.07) is 24.5. The van der Waals surface area contributed by atoms with Crippen LogP contribution in [-0.2, 0) is 11.2 Å². The first-order valence-electron chi connectivity index (χ1n) is 9.54. The zero-order valence-electron chi connectivity index (χ0n) is 15.8. The van der Waals surface area contributed by atoms with Gasteiger partial charge in [-0.05, 0) is 47.7 Å². The Bertz CT molecular complexity index is 1080. The molecule has 0 aromatic heterocycles. The van der Waals surface area contributed by atoms with E-state index in [-0.39, 0.29) is 5.57 Å². The zero-order chi connectivity index (χ0) is 20.2. The molecule has 0 atom stereocenters. The van der Waals surface area contributed by atoms with Gasteiger partial charge in [-0.2, -0.15) is 0 Å². The van der Waals surface area contributed by atoms with Crippen molar-refractivity contribution in [3.63, 3.8) is 0 Å². The van der Waals surface area contributed by atoms with Gasteiger partial charge in [-0.15, -0.1) is 0 Å². The van der Waals surface area contributed by atoms with Gasteiger partial charge in [0.1, 0.15) is 11.3 Å². The van der Waals surface area contributed by atoms with Crippen molar-refractivity contribution < 1.29 is 19.4 Å². The van der Waals surface area contributed by atoms with Crippen molar-refractivity contribution in [2.45, 2.75) is 12.8 Å². The largest absolute Gasteiger partial charge is 0.494 e. The molecule has 29 heavy (non-hydrogen) atoms. The number of Topliss-reactive ketones (excluding diaryl/α,β-unsaturated/α-hetero) is 1. The Morgan fingerprint density at radius 3 is 2.24 bits per heavy atom. The fourth-order valence-corrected chi connectivity index (χ4v) is 3.62. The molecule has 0 heterocycles. The first-order valence-corrected chi connectivity index (χ1v) is 9.54. The van der Waals surface area contributed by atoms with Crippen LogP contribution in [0.2, 0.25) is 0 Å². The van der Waals surface area contributed by atoms with E-state index in [2.05, 4.69) is 12.1 Å². The van der Waals surface area contributed by atoms with E-state index in [1.165, 1.54) is 5.56 Å². The fourth-order valence-electron chi connectivity index (χ4n) is 3.62. The maximum Gasteiger partial charge on any atom is 0.340 e. The van der Waals surface area contributed by atoms with Crippen LogP contribution in [0.3, 0.4) is 0 Å². The lowest BCUT2D eigenvalue weighted by Gasteiger charge is -2.09. The Kier molecular flexibility index (Phi) is 5.25. The minimum absolute atomic E-state index is 0.188. The van der Waals surface area contributed by atoms with Crippen molar-refractivity contribution >= 4 is 17.3 Å². The Hall–Kier alpha value is -3.66. The maximum absolute atomic E-state index is 12.8. The Labute approximate surface area is 169 Å². The lowest BCUT2D eigenvalue weighted by molar-refractivity contribution is -0.132. The number of rotatable bonds is 7. The summed E-state index contributed by atoms with van der Waals surface area (Å²) in [5, 5.41) is 9.63. The molecule has 0 saturated carbocycles. The van der Waals surface area contributed by atoms with Crippen LogP contribution >= 0.6 is 0 Å². The van der Waals surface area contributed by atoms with Crippen molar-refractivity contribution in [1.82, 2.24) is 0 Å². The molecule has 4 heteroatoms. The quantitative estimate of drug-likeness (QED) is 0.470. The number of carbonyl (C=O) groups is 2. The monoisotopic (exact) mass is 384 g/mol. The molecule has 0 saturated heterocycles. The first kappa shape index (κ1) is 18.7. The standard InChI is InChI=1S/C25H20O4/c26-24-21-16-19(29-15-7-10-17-8-3-1-4-9-17)13-14-20(21)22(23(24)25(27)28)18-11-5-2-6-12-18/h1-6,8-9,11-14,16H,7,10,15H2,(H,27,28). The van der Waals surface area contributed by atoms with Crippen molar-refractivity contribution in [2.24, 2.45) is 0 Å². The van der Waals surface area contributed by atoms with Crippen molar-refractivity contribution in [1.29, 1.82) is 0 Å². The summed E-state index contributed by atoms with van der Waals surface area (Å²) in [6.45, 7) is 0.520. The topological polar surface area (TPSA) is 63.6 Å². The number of carboxylic acids is 1. The highest BCUT2D eigenvalue weighted by molar-refractivity contribution is 6.34. The minimum atomic E-state index is -1.21. The number of hydrogen-bond acceptors (Lipinski definition) is 3. The van der Waals surface area contributed by atoms with E-state index in [9.17, 15) is 14.7 Å². The van der Waals surface area contributed by atoms with Gasteiger partial charge < -0.3 is 9.84 Å². The van der Waals surface area contributed by atoms with Crippen LogP contribution in [0.25, 0.3) is 5.57 Å². The molecule has 4 nitrogen and oxygen atoms in total. The molecule has 0 bridgehead atoms. The summed E-state index contributed by atoms with van der Waals surface area (Å²) in [7, 11) is 0. The van der Waals surface area contributed by atoms with Crippen LogP contribution in [0.1, 0.15) is 33.5 Å². The SMILES string of the molecule is O=C(O)C1=C(c2ccccc2)c2ccc(OCCCc3ccccc3)cc2C1=O. The highest BCUT2D eigenvalue weighted by Crippen LogP contribution is 2.39. The average molecular weight is 384 g/mol. The normalized spacial score (nSPS) is 12.8. The van der Waals surface area contributed by atoms with Gasteiger partial charge in [0.05, 0.1) is 6.61 Å². The molecule has 0 spiro atoms. The Morgan fingerprint density at radius 1 is 0.862 bits per heavy atom. The highest BCUT2D eigenvalue weighted by atomic mass is 16.5. The van der Waals surface area contributed by atoms with Gasteiger partial charge in [0.2, 0.25) is 5.78 Å². The molecule has 0 aliphatic heterocycles. The van der Waals surface area contributed by atoms with Gasteiger partial charge in [0, 0.05) is 11.1 Å². The third-order valence-electron chi connectivity index (χ3n) is 4.98. The van der Waals surface area contributed by atoms with E-state index in [1.54, 1.807) is 18.2 Å². The van der Waals surface area contributed by atoms with Crippen LogP contribution < -0.4 is 4.74 Å². The van der Waals surface area contributed by atoms with Crippen molar-refractivity contribution in [3.05, 3.63) is 107 Å². The molecule has 1 aliphatic carbocycles. The molecule has 3 aromatic rings. The molecule has 0 amide bonds. The summed E-state index contributed by atoms with van der Waals surface area (Å²) in [5.41, 5.74) is 3.26. The highest BCUT2D eigenvalue weighted by Gasteiger charge is 2.34. The number of benzene rings is 3. The number of aliphatic carboxylic acids is 1. The molecule has 1 aliphatic rings. The molecule has 1 N–H and O–H groups in total. The van der Waals surface area contributed by atoms with E-state index < -0.39 is 11.8 Å². The number of carboxylic acid groups (broad SMARTS) is 1. The van der Waals surface area contributed by atoms with Gasteiger partial charge >= 0.3 is 5.97 Å². The second-order valence-electron chi connectivity index (χ2n) is 6.90. The zero-order valence-corrected chi connectivity index (χ0v) is 15.8. The van der Waals surface area contributed by atoms with Crippen LogP contribution in [0, 0.1) is 0 Å². The second-order valence-corrected chi connectivity index (χ2v) is 6.90. The van der Waals surface area contributed by atoms with E-state index in [1.807, 2.05) is 48.5 Å². The predicted molar refractivity (Wildman–Crippen MR) is 111 cm³/mol. The summed E-state index contributed by atoms with van der Waals surface area (Å²) in [6.07, 6.45) is 1.76. The van der Waals surface area contributed by atoms with Gasteiger partial charge in [0.25, 0.3) is 0 Å². The van der Waals surface area contributed by atoms with Gasteiger partial charge in [-0.1, -0.05) is 60.7 Å². The smallest absolute Gasteiger partial charge is 0.340 e. The summed E-state index contributed by atoms with van der Waals surface area (Å²) in [5.74, 6) is -1.11. The molecular formula is C25H20O4. The van der Waals surface area contributed by atoms with Crippen molar-refractivity contribution in [2.75, 3.05) is 6.61 Å². The molecule has 3 aromatic carbocycles. The second kappa shape index (κ2) is 8.15. The number of hydrogen-bond donors (Lipinski definition) is 1. The van der Waals surface area contributed by atoms with Gasteiger partial charge in [0.15, 0.2) is 0 Å². The molecule has 0 unspecified atom stereocenters. The fraction of sp³-hybridized carbons (Fsp3) is 0.120. The number of fused-ring (bicyclic) bond motifs is 1. The summed E-state index contributed by atoms with van der Waals surface area (Å²) < 4.78 is 5.82. The van der Waals surface area contributed by atoms with Crippen LogP contribution in [0.4, 0.5) is 0 Å². The molecule has 0 fully saturated rings. The third-order valence-corrected chi connectivity index (χ3v) is 4.98. The molecular weight excluding hydrogens is 364 g/mol. The van der Waals surface area contributed by atoms with Crippen molar-refractivity contribution in [3.8, 4) is 5.75 Å². The molecule has 0 radical (unpaired) electrons. The average Bonchev–Trinajstić information content (AvgIpc) is 3.05. The summed E-state index contributed by atoms with van der Waals surface area (Å²) in [4.78, 5) is 24.6. The predicted octanol–water partition coefficient (Wildman–Crippen LogP) is 4.78. The summed E-state index contributed by atoms with van der Waals surface area (Å²) >= 11 is 0. The third kappa shape index (κ3) is 3.83. The van der Waals surface area contributed by atoms with Gasteiger partial charge in [-0.3, -0.25) is 4.79 Å². The molecule has 4 rings (SSSR count). The first-order chi connectivity index (χ1) is 14.1. The van der Waals surface area contributed by atoms with Gasteiger partial charge in [-0.25, -0.2) is 4.79 Å². The number of ether oxygens (including phenoxy) is 1. The van der Waals surface area contributed by atoms with Crippen LogP contribution in [-0.4, -0.2) is 23.5 Å². The van der Waals surface area contributed by atoms with E-state index in [0.717, 1.165) is 12.8 Å². The Morgan fingerprint density at radius 2 is 1.55 bits per heavy atom. The Balaban J connectivity index is 1.53. The minimum Gasteiger partial charge on any atom is -0.494 e. The number of aryl methyl sites for hydroxylation is 1. The molecule has 144 valence electrons. The number of carbonyl (C=O) groups excluding carboxylic acids is 1. The van der Waals surface area contributed by atoms with Crippen LogP contribution in [0.15, 0.2) is 84.4 Å².